The zero-order chi connectivity index (χ0) is 15.0. The highest BCUT2D eigenvalue weighted by Crippen LogP contribution is 2.36. The Hall–Kier alpha value is -0.845. The van der Waals surface area contributed by atoms with Crippen molar-refractivity contribution in [2.75, 3.05) is 11.9 Å². The number of halogens is 1. The van der Waals surface area contributed by atoms with Gasteiger partial charge in [-0.15, -0.1) is 10.2 Å². The Morgan fingerprint density at radius 2 is 1.95 bits per heavy atom. The van der Waals surface area contributed by atoms with Gasteiger partial charge in [0.15, 0.2) is 11.0 Å². The van der Waals surface area contributed by atoms with E-state index in [0.717, 1.165) is 18.7 Å². The molecule has 0 spiro atoms. The first kappa shape index (κ1) is 15.1. The molecule has 0 amide bonds. The van der Waals surface area contributed by atoms with Crippen LogP contribution in [0.3, 0.4) is 0 Å². The Bertz CT molecular complexity index is 472. The molecule has 3 heterocycles. The first-order valence-corrected chi connectivity index (χ1v) is 8.11. The first-order chi connectivity index (χ1) is 10.1. The molecule has 1 N–H and O–H groups in total. The highest BCUT2D eigenvalue weighted by Gasteiger charge is 2.42. The SMILES string of the molecule is CB(O)N1[C@@H]2CCC[C@H]1CC(N(C)c1ccc(Cl)nn1)C2. The molecule has 3 atom stereocenters. The molecule has 3 rings (SSSR count). The summed E-state index contributed by atoms with van der Waals surface area (Å²) in [5.74, 6) is 0.868. The minimum absolute atomic E-state index is 0.345. The second-order valence-corrected chi connectivity index (χ2v) is 6.66. The van der Waals surface area contributed by atoms with E-state index in [0.29, 0.717) is 23.3 Å². The molecule has 0 aliphatic carbocycles. The molecule has 7 heteroatoms. The molecule has 21 heavy (non-hydrogen) atoms. The number of anilines is 1. The van der Waals surface area contributed by atoms with Gasteiger partial charge in [0.05, 0.1) is 0 Å². The minimum atomic E-state index is -0.345. The number of hydrogen-bond acceptors (Lipinski definition) is 5. The van der Waals surface area contributed by atoms with Gasteiger partial charge in [0.1, 0.15) is 0 Å². The highest BCUT2D eigenvalue weighted by molar-refractivity contribution is 6.45. The van der Waals surface area contributed by atoms with Crippen molar-refractivity contribution in [2.45, 2.75) is 57.1 Å². The molecular weight excluding hydrogens is 286 g/mol. The van der Waals surface area contributed by atoms with E-state index in [1.54, 1.807) is 6.07 Å². The largest absolute Gasteiger partial charge is 0.437 e. The van der Waals surface area contributed by atoms with Gasteiger partial charge in [0.25, 0.3) is 0 Å². The standard InChI is InChI=1S/C14H22BClN4O/c1-15(21)20-10-4-3-5-11(20)9-12(8-10)19(2)14-7-6-13(16)17-18-14/h6-7,10-12,21H,3-5,8-9H2,1-2H3/t10-,11+,12?. The number of nitrogens with zero attached hydrogens (tertiary/aromatic N) is 4. The first-order valence-electron chi connectivity index (χ1n) is 7.74. The third-order valence-electron chi connectivity index (χ3n) is 4.96. The Balaban J connectivity index is 1.74. The maximum Gasteiger partial charge on any atom is 0.376 e. The van der Waals surface area contributed by atoms with Gasteiger partial charge in [-0.25, -0.2) is 0 Å². The van der Waals surface area contributed by atoms with Crippen LogP contribution in [-0.2, 0) is 0 Å². The van der Waals surface area contributed by atoms with Crippen molar-refractivity contribution in [2.24, 2.45) is 0 Å². The van der Waals surface area contributed by atoms with Crippen LogP contribution in [-0.4, -0.2) is 52.3 Å². The molecule has 1 unspecified atom stereocenters. The molecule has 0 aromatic carbocycles. The summed E-state index contributed by atoms with van der Waals surface area (Å²) in [5.41, 5.74) is 0. The second kappa shape index (κ2) is 6.11. The summed E-state index contributed by atoms with van der Waals surface area (Å²) in [4.78, 5) is 4.52. The monoisotopic (exact) mass is 308 g/mol. The minimum Gasteiger partial charge on any atom is -0.437 e. The average molecular weight is 309 g/mol. The van der Waals surface area contributed by atoms with E-state index in [2.05, 4.69) is 27.0 Å². The molecule has 5 nitrogen and oxygen atoms in total. The highest BCUT2D eigenvalue weighted by atomic mass is 35.5. The van der Waals surface area contributed by atoms with E-state index >= 15 is 0 Å². The average Bonchev–Trinajstić information content (AvgIpc) is 2.45. The van der Waals surface area contributed by atoms with Crippen LogP contribution in [0.15, 0.2) is 12.1 Å². The molecule has 2 aliphatic heterocycles. The lowest BCUT2D eigenvalue weighted by atomic mass is 9.71. The van der Waals surface area contributed by atoms with Crippen LogP contribution in [0.5, 0.6) is 0 Å². The molecule has 0 saturated carbocycles. The zero-order valence-electron chi connectivity index (χ0n) is 12.6. The third-order valence-corrected chi connectivity index (χ3v) is 5.17. The van der Waals surface area contributed by atoms with Gasteiger partial charge in [-0.05, 0) is 44.6 Å². The number of hydrogen-bond donors (Lipinski definition) is 1. The fraction of sp³-hybridized carbons (Fsp3) is 0.714. The third kappa shape index (κ3) is 3.03. The van der Waals surface area contributed by atoms with Crippen LogP contribution in [0.2, 0.25) is 12.0 Å². The van der Waals surface area contributed by atoms with Gasteiger partial charge in [0, 0.05) is 25.2 Å². The molecule has 2 bridgehead atoms. The van der Waals surface area contributed by atoms with E-state index in [1.165, 1.54) is 19.3 Å². The van der Waals surface area contributed by atoms with Gasteiger partial charge in [0.2, 0.25) is 0 Å². The summed E-state index contributed by atoms with van der Waals surface area (Å²) in [7, 11) is 1.73. The Kier molecular flexibility index (Phi) is 4.38. The van der Waals surface area contributed by atoms with Crippen molar-refractivity contribution in [1.82, 2.24) is 15.0 Å². The molecule has 2 aliphatic rings. The van der Waals surface area contributed by atoms with Crippen LogP contribution in [0.1, 0.15) is 32.1 Å². The lowest BCUT2D eigenvalue weighted by Gasteiger charge is -2.51. The summed E-state index contributed by atoms with van der Waals surface area (Å²) in [6, 6.07) is 5.11. The van der Waals surface area contributed by atoms with Gasteiger partial charge in [-0.1, -0.05) is 18.0 Å². The summed E-state index contributed by atoms with van der Waals surface area (Å²) in [6.07, 6.45) is 5.77. The summed E-state index contributed by atoms with van der Waals surface area (Å²) >= 11 is 5.81. The lowest BCUT2D eigenvalue weighted by molar-refractivity contribution is 0.0907. The molecule has 1 aromatic rings. The zero-order valence-corrected chi connectivity index (χ0v) is 13.4. The van der Waals surface area contributed by atoms with Crippen molar-refractivity contribution in [3.8, 4) is 0 Å². The lowest BCUT2D eigenvalue weighted by Crippen LogP contribution is -2.60. The quantitative estimate of drug-likeness (QED) is 0.866. The summed E-state index contributed by atoms with van der Waals surface area (Å²) < 4.78 is 0. The normalized spacial score (nSPS) is 29.2. The Morgan fingerprint density at radius 3 is 2.48 bits per heavy atom. The fourth-order valence-electron chi connectivity index (χ4n) is 4.00. The van der Waals surface area contributed by atoms with Crippen LogP contribution >= 0.6 is 11.6 Å². The number of piperidine rings is 2. The topological polar surface area (TPSA) is 52.5 Å². The predicted molar refractivity (Wildman–Crippen MR) is 85.6 cm³/mol. The van der Waals surface area contributed by atoms with E-state index < -0.39 is 0 Å². The van der Waals surface area contributed by atoms with Gasteiger partial charge in [-0.2, -0.15) is 0 Å². The molecule has 2 saturated heterocycles. The van der Waals surface area contributed by atoms with E-state index in [4.69, 9.17) is 11.6 Å². The smallest absolute Gasteiger partial charge is 0.376 e. The van der Waals surface area contributed by atoms with Gasteiger partial charge in [-0.3, -0.25) is 0 Å². The Labute approximate surface area is 131 Å². The van der Waals surface area contributed by atoms with Crippen molar-refractivity contribution in [1.29, 1.82) is 0 Å². The van der Waals surface area contributed by atoms with Crippen LogP contribution in [0.4, 0.5) is 5.82 Å². The summed E-state index contributed by atoms with van der Waals surface area (Å²) in [5, 5.41) is 18.6. The summed E-state index contributed by atoms with van der Waals surface area (Å²) in [6.45, 7) is 1.89. The van der Waals surface area contributed by atoms with Crippen molar-refractivity contribution < 1.29 is 5.02 Å². The van der Waals surface area contributed by atoms with E-state index in [-0.39, 0.29) is 7.05 Å². The van der Waals surface area contributed by atoms with E-state index in [9.17, 15) is 5.02 Å². The van der Waals surface area contributed by atoms with E-state index in [1.807, 2.05) is 12.9 Å². The van der Waals surface area contributed by atoms with Crippen molar-refractivity contribution >= 4 is 24.5 Å². The maximum atomic E-state index is 10.0. The molecule has 1 aromatic heterocycles. The second-order valence-electron chi connectivity index (χ2n) is 6.27. The predicted octanol–water partition coefficient (Wildman–Crippen LogP) is 2.06. The number of rotatable bonds is 3. The van der Waals surface area contributed by atoms with Crippen molar-refractivity contribution in [3.05, 3.63) is 17.3 Å². The van der Waals surface area contributed by atoms with Crippen molar-refractivity contribution in [3.63, 3.8) is 0 Å². The Morgan fingerprint density at radius 1 is 1.29 bits per heavy atom. The number of aromatic nitrogens is 2. The van der Waals surface area contributed by atoms with Gasteiger partial charge < -0.3 is 14.7 Å². The molecule has 2 fully saturated rings. The maximum absolute atomic E-state index is 10.0. The van der Waals surface area contributed by atoms with Crippen LogP contribution < -0.4 is 4.90 Å². The van der Waals surface area contributed by atoms with Crippen LogP contribution in [0, 0.1) is 0 Å². The molecule has 0 radical (unpaired) electrons. The molecular formula is C14H22BClN4O. The molecule has 114 valence electrons. The van der Waals surface area contributed by atoms with Gasteiger partial charge >= 0.3 is 7.05 Å². The van der Waals surface area contributed by atoms with Crippen LogP contribution in [0.25, 0.3) is 0 Å². The number of fused-ring (bicyclic) bond motifs is 2. The fourth-order valence-corrected chi connectivity index (χ4v) is 4.10.